The number of alkyl halides is 2. The summed E-state index contributed by atoms with van der Waals surface area (Å²) >= 11 is 12.0. The molecule has 9 heteroatoms. The molecule has 0 radical (unpaired) electrons. The number of nitrogens with zero attached hydrogens (tertiary/aromatic N) is 1. The van der Waals surface area contributed by atoms with Crippen molar-refractivity contribution in [1.29, 1.82) is 0 Å². The maximum absolute atomic E-state index is 13.4. The molecular formula is C19H32Cl2N4O3. The Morgan fingerprint density at radius 2 is 1.68 bits per heavy atom. The van der Waals surface area contributed by atoms with Crippen LogP contribution in [0, 0.1) is 11.8 Å². The Hall–Kier alpha value is -1.21. The highest BCUT2D eigenvalue weighted by Gasteiger charge is 2.46. The van der Waals surface area contributed by atoms with Gasteiger partial charge in [0.05, 0.1) is 0 Å². The lowest BCUT2D eigenvalue weighted by molar-refractivity contribution is -0.140. The zero-order chi connectivity index (χ0) is 21.1. The summed E-state index contributed by atoms with van der Waals surface area (Å²) < 4.78 is 0. The number of urea groups is 1. The zero-order valence-electron chi connectivity index (χ0n) is 16.8. The van der Waals surface area contributed by atoms with E-state index in [0.717, 1.165) is 32.1 Å². The van der Waals surface area contributed by atoms with Gasteiger partial charge < -0.3 is 21.3 Å². The number of carbonyl (C=O) groups excluding carboxylic acids is 3. The Labute approximate surface area is 177 Å². The predicted molar refractivity (Wildman–Crippen MR) is 110 cm³/mol. The second-order valence-corrected chi connectivity index (χ2v) is 10.1. The fourth-order valence-electron chi connectivity index (χ4n) is 4.24. The molecule has 3 atom stereocenters. The van der Waals surface area contributed by atoms with Crippen LogP contribution in [0.15, 0.2) is 0 Å². The van der Waals surface area contributed by atoms with Crippen molar-refractivity contribution < 1.29 is 14.4 Å². The number of hydrogen-bond donors (Lipinski definition) is 3. The average Bonchev–Trinajstić information content (AvgIpc) is 3.04. The molecule has 4 N–H and O–H groups in total. The molecule has 4 amide bonds. The van der Waals surface area contributed by atoms with Crippen LogP contribution in [0.1, 0.15) is 59.3 Å². The zero-order valence-corrected chi connectivity index (χ0v) is 18.4. The molecule has 2 aliphatic rings. The molecule has 7 nitrogen and oxygen atoms in total. The molecule has 1 aliphatic carbocycles. The number of nitrogens with two attached hydrogens (primary N) is 1. The first-order chi connectivity index (χ1) is 13.0. The summed E-state index contributed by atoms with van der Waals surface area (Å²) in [7, 11) is 0. The van der Waals surface area contributed by atoms with Crippen LogP contribution in [0.2, 0.25) is 0 Å². The van der Waals surface area contributed by atoms with Gasteiger partial charge in [-0.05, 0) is 46.0 Å². The van der Waals surface area contributed by atoms with Crippen LogP contribution in [-0.4, -0.2) is 51.7 Å². The third-order valence-corrected chi connectivity index (χ3v) is 6.15. The molecule has 0 spiro atoms. The largest absolute Gasteiger partial charge is 0.368 e. The summed E-state index contributed by atoms with van der Waals surface area (Å²) in [6.07, 6.45) is 5.38. The van der Waals surface area contributed by atoms with Crippen molar-refractivity contribution in [3.63, 3.8) is 0 Å². The van der Waals surface area contributed by atoms with Crippen molar-refractivity contribution in [3.8, 4) is 0 Å². The molecule has 1 saturated heterocycles. The molecule has 1 heterocycles. The highest BCUT2D eigenvalue weighted by atomic mass is 35.5. The summed E-state index contributed by atoms with van der Waals surface area (Å²) in [4.78, 5) is 38.6. The highest BCUT2D eigenvalue weighted by molar-refractivity contribution is 6.44. The number of carbonyl (C=O) groups is 3. The minimum Gasteiger partial charge on any atom is -0.368 e. The highest BCUT2D eigenvalue weighted by Crippen LogP contribution is 2.34. The average molecular weight is 435 g/mol. The number of nitrogens with one attached hydrogen (secondary N) is 2. The van der Waals surface area contributed by atoms with Crippen LogP contribution in [0.3, 0.4) is 0 Å². The van der Waals surface area contributed by atoms with Crippen LogP contribution >= 0.6 is 23.2 Å². The molecule has 2 fully saturated rings. The lowest BCUT2D eigenvalue weighted by Crippen LogP contribution is -2.59. The lowest BCUT2D eigenvalue weighted by Gasteiger charge is -2.35. The molecule has 0 aromatic carbocycles. The third-order valence-electron chi connectivity index (χ3n) is 5.51. The van der Waals surface area contributed by atoms with Crippen molar-refractivity contribution >= 4 is 41.0 Å². The first kappa shape index (κ1) is 23.1. The van der Waals surface area contributed by atoms with E-state index >= 15 is 0 Å². The van der Waals surface area contributed by atoms with Gasteiger partial charge in [-0.2, -0.15) is 0 Å². The van der Waals surface area contributed by atoms with Crippen LogP contribution in [0.4, 0.5) is 4.79 Å². The first-order valence-corrected chi connectivity index (χ1v) is 10.8. The van der Waals surface area contributed by atoms with E-state index in [2.05, 4.69) is 10.6 Å². The minimum atomic E-state index is -0.855. The van der Waals surface area contributed by atoms with Crippen molar-refractivity contribution in [1.82, 2.24) is 15.5 Å². The van der Waals surface area contributed by atoms with E-state index < -0.39 is 40.3 Å². The fraction of sp³-hybridized carbons (Fsp3) is 0.842. The van der Waals surface area contributed by atoms with Crippen molar-refractivity contribution in [2.24, 2.45) is 17.6 Å². The summed E-state index contributed by atoms with van der Waals surface area (Å²) in [6.45, 7) is 5.97. The summed E-state index contributed by atoms with van der Waals surface area (Å²) in [5, 5.41) is 5.70. The van der Waals surface area contributed by atoms with Crippen molar-refractivity contribution in [3.05, 3.63) is 0 Å². The van der Waals surface area contributed by atoms with E-state index in [-0.39, 0.29) is 11.8 Å². The first-order valence-electron chi connectivity index (χ1n) is 9.98. The second-order valence-electron chi connectivity index (χ2n) is 8.89. The molecular weight excluding hydrogens is 403 g/mol. The van der Waals surface area contributed by atoms with Gasteiger partial charge in [-0.25, -0.2) is 4.79 Å². The van der Waals surface area contributed by atoms with Gasteiger partial charge in [-0.1, -0.05) is 19.3 Å². The van der Waals surface area contributed by atoms with Gasteiger partial charge in [-0.3, -0.25) is 9.59 Å². The monoisotopic (exact) mass is 434 g/mol. The molecule has 1 saturated carbocycles. The standard InChI is InChI=1S/C19H32Cl2N4O3/c1-19(2,3)24-18(28)23-13(11-7-5-4-6-8-11)17(27)25-10-9-12(15(20)21)14(25)16(22)26/h11-15H,4-10H2,1-3H3,(H2,22,26)(H2,23,24,28)/t12-,13-,14-/m0/s1. The molecule has 2 rings (SSSR count). The van der Waals surface area contributed by atoms with Gasteiger partial charge in [0, 0.05) is 18.0 Å². The smallest absolute Gasteiger partial charge is 0.315 e. The number of hydrogen-bond acceptors (Lipinski definition) is 3. The van der Waals surface area contributed by atoms with Crippen molar-refractivity contribution in [2.75, 3.05) is 6.54 Å². The van der Waals surface area contributed by atoms with E-state index in [1.165, 1.54) is 4.90 Å². The molecule has 0 aromatic heterocycles. The fourth-order valence-corrected chi connectivity index (χ4v) is 4.76. The molecule has 0 aromatic rings. The van der Waals surface area contributed by atoms with Gasteiger partial charge in [0.15, 0.2) is 0 Å². The SMILES string of the molecule is CC(C)(C)NC(=O)N[C@H](C(=O)N1CC[C@H](C(Cl)Cl)[C@H]1C(N)=O)C1CCCCC1. The quantitative estimate of drug-likeness (QED) is 0.578. The second kappa shape index (κ2) is 9.53. The van der Waals surface area contributed by atoms with Crippen LogP contribution in [0.5, 0.6) is 0 Å². The Morgan fingerprint density at radius 1 is 1.07 bits per heavy atom. The van der Waals surface area contributed by atoms with Gasteiger partial charge in [-0.15, -0.1) is 23.2 Å². The van der Waals surface area contributed by atoms with E-state index in [9.17, 15) is 14.4 Å². The Morgan fingerprint density at radius 3 is 2.18 bits per heavy atom. The van der Waals surface area contributed by atoms with E-state index in [4.69, 9.17) is 28.9 Å². The van der Waals surface area contributed by atoms with E-state index in [1.54, 1.807) is 0 Å². The van der Waals surface area contributed by atoms with Gasteiger partial charge in [0.25, 0.3) is 0 Å². The summed E-state index contributed by atoms with van der Waals surface area (Å²) in [5.41, 5.74) is 5.14. The van der Waals surface area contributed by atoms with E-state index in [1.807, 2.05) is 20.8 Å². The maximum Gasteiger partial charge on any atom is 0.315 e. The lowest BCUT2D eigenvalue weighted by atomic mass is 9.83. The van der Waals surface area contributed by atoms with Crippen LogP contribution in [0.25, 0.3) is 0 Å². The summed E-state index contributed by atoms with van der Waals surface area (Å²) in [5.74, 6) is -1.28. The normalized spacial score (nSPS) is 24.9. The topological polar surface area (TPSA) is 105 Å². The Bertz CT molecular complexity index is 588. The summed E-state index contributed by atoms with van der Waals surface area (Å²) in [6, 6.07) is -1.95. The number of rotatable bonds is 5. The Balaban J connectivity index is 2.22. The number of amides is 4. The number of likely N-dealkylation sites (tertiary alicyclic amines) is 1. The predicted octanol–water partition coefficient (Wildman–Crippen LogP) is 2.54. The van der Waals surface area contributed by atoms with Gasteiger partial charge in [0.1, 0.15) is 16.9 Å². The minimum absolute atomic E-state index is 0.0299. The van der Waals surface area contributed by atoms with E-state index in [0.29, 0.717) is 13.0 Å². The van der Waals surface area contributed by atoms with Crippen LogP contribution < -0.4 is 16.4 Å². The molecule has 0 unspecified atom stereocenters. The molecule has 160 valence electrons. The van der Waals surface area contributed by atoms with Crippen molar-refractivity contribution in [2.45, 2.75) is 81.8 Å². The molecule has 1 aliphatic heterocycles. The number of primary amides is 1. The third kappa shape index (κ3) is 5.89. The molecule has 28 heavy (non-hydrogen) atoms. The molecule has 0 bridgehead atoms. The number of halogens is 2. The van der Waals surface area contributed by atoms with Gasteiger partial charge >= 0.3 is 6.03 Å². The van der Waals surface area contributed by atoms with Gasteiger partial charge in [0.2, 0.25) is 11.8 Å². The maximum atomic E-state index is 13.4. The van der Waals surface area contributed by atoms with Crippen LogP contribution in [-0.2, 0) is 9.59 Å². The Kier molecular flexibility index (Phi) is 7.85.